The molecule has 74 valence electrons. The van der Waals surface area contributed by atoms with Crippen molar-refractivity contribution in [2.45, 2.75) is 25.0 Å². The summed E-state index contributed by atoms with van der Waals surface area (Å²) >= 11 is 0. The van der Waals surface area contributed by atoms with Crippen molar-refractivity contribution < 1.29 is 8.42 Å². The Balaban J connectivity index is 4.23. The second kappa shape index (κ2) is 5.73. The van der Waals surface area contributed by atoms with Crippen molar-refractivity contribution in [2.24, 2.45) is 0 Å². The van der Waals surface area contributed by atoms with Crippen LogP contribution in [0.1, 0.15) is 19.8 Å². The largest absolute Gasteiger partial charge is 0.227 e. The van der Waals surface area contributed by atoms with Crippen LogP contribution in [0, 0.1) is 11.3 Å². The molecule has 1 N–H and O–H groups in total. The van der Waals surface area contributed by atoms with Gasteiger partial charge in [-0.2, -0.15) is 5.26 Å². The van der Waals surface area contributed by atoms with E-state index in [-0.39, 0.29) is 0 Å². The van der Waals surface area contributed by atoms with Gasteiger partial charge in [-0.25, -0.2) is 13.1 Å². The molecule has 4 nitrogen and oxygen atoms in total. The minimum absolute atomic E-state index is 0.305. The number of hydrogen-bond acceptors (Lipinski definition) is 3. The van der Waals surface area contributed by atoms with E-state index < -0.39 is 15.3 Å². The molecule has 0 spiro atoms. The van der Waals surface area contributed by atoms with E-state index in [9.17, 15) is 8.42 Å². The molecule has 5 heteroatoms. The van der Waals surface area contributed by atoms with Gasteiger partial charge in [0.1, 0.15) is 0 Å². The molecule has 0 aliphatic rings. The fourth-order valence-electron chi connectivity index (χ4n) is 0.784. The van der Waals surface area contributed by atoms with Crippen LogP contribution < -0.4 is 4.72 Å². The highest BCUT2D eigenvalue weighted by molar-refractivity contribution is 7.90. The molecular weight excluding hydrogens is 188 g/mol. The van der Waals surface area contributed by atoms with Crippen LogP contribution in [0.3, 0.4) is 0 Å². The third-order valence-electron chi connectivity index (χ3n) is 1.54. The summed E-state index contributed by atoms with van der Waals surface area (Å²) in [4.78, 5) is 0. The minimum atomic E-state index is -3.45. The predicted molar refractivity (Wildman–Crippen MR) is 51.4 cm³/mol. The molecule has 1 unspecified atom stereocenters. The molecule has 0 heterocycles. The van der Waals surface area contributed by atoms with E-state index in [1.54, 1.807) is 19.1 Å². The van der Waals surface area contributed by atoms with Crippen molar-refractivity contribution in [1.29, 1.82) is 5.26 Å². The van der Waals surface area contributed by atoms with E-state index in [0.717, 1.165) is 0 Å². The number of nitriles is 1. The van der Waals surface area contributed by atoms with Crippen LogP contribution in [0.15, 0.2) is 12.7 Å². The number of rotatable bonds is 6. The zero-order valence-electron chi connectivity index (χ0n) is 7.66. The zero-order valence-corrected chi connectivity index (χ0v) is 8.47. The molecular formula is C8H14N2O2S. The maximum absolute atomic E-state index is 11.3. The monoisotopic (exact) mass is 202 g/mol. The highest BCUT2D eigenvalue weighted by Gasteiger charge is 2.21. The van der Waals surface area contributed by atoms with Crippen LogP contribution >= 0.6 is 0 Å². The molecule has 0 aliphatic carbocycles. The molecule has 0 rings (SSSR count). The minimum Gasteiger partial charge on any atom is -0.214 e. The van der Waals surface area contributed by atoms with E-state index in [1.807, 2.05) is 0 Å². The first-order valence-electron chi connectivity index (χ1n) is 4.07. The summed E-state index contributed by atoms with van der Waals surface area (Å²) in [7, 11) is -3.45. The molecule has 0 radical (unpaired) electrons. The third-order valence-corrected chi connectivity index (χ3v) is 3.34. The van der Waals surface area contributed by atoms with Gasteiger partial charge in [-0.3, -0.25) is 0 Å². The first-order chi connectivity index (χ1) is 6.08. The lowest BCUT2D eigenvalue weighted by Gasteiger charge is -2.08. The molecule has 0 amide bonds. The van der Waals surface area contributed by atoms with Gasteiger partial charge in [0.05, 0.1) is 6.07 Å². The maximum Gasteiger partial charge on any atom is 0.227 e. The van der Waals surface area contributed by atoms with E-state index in [0.29, 0.717) is 19.4 Å². The summed E-state index contributed by atoms with van der Waals surface area (Å²) in [6.07, 6.45) is 2.50. The average molecular weight is 202 g/mol. The molecule has 0 saturated carbocycles. The Morgan fingerprint density at radius 1 is 1.69 bits per heavy atom. The molecule has 0 fully saturated rings. The average Bonchev–Trinajstić information content (AvgIpc) is 2.06. The first kappa shape index (κ1) is 12.1. The molecule has 0 aliphatic heterocycles. The fourth-order valence-corrected chi connectivity index (χ4v) is 1.97. The van der Waals surface area contributed by atoms with Gasteiger partial charge < -0.3 is 0 Å². The molecule has 0 bridgehead atoms. The molecule has 0 aromatic heterocycles. The van der Waals surface area contributed by atoms with E-state index >= 15 is 0 Å². The quantitative estimate of drug-likeness (QED) is 0.511. The van der Waals surface area contributed by atoms with Crippen molar-refractivity contribution in [1.82, 2.24) is 4.72 Å². The standard InChI is InChI=1S/C8H14N2O2S/c1-3-5-6-10-13(11,12)8(4-2)7-9/h3,8,10H,1,4-6H2,2H3. The lowest BCUT2D eigenvalue weighted by molar-refractivity contribution is 0.573. The Hall–Kier alpha value is -0.860. The van der Waals surface area contributed by atoms with Crippen LogP contribution in [0.25, 0.3) is 0 Å². The molecule has 0 aromatic carbocycles. The van der Waals surface area contributed by atoms with Gasteiger partial charge in [0.2, 0.25) is 10.0 Å². The second-order valence-electron chi connectivity index (χ2n) is 2.54. The van der Waals surface area contributed by atoms with Crippen molar-refractivity contribution >= 4 is 10.0 Å². The number of nitrogens with zero attached hydrogens (tertiary/aromatic N) is 1. The van der Waals surface area contributed by atoms with Gasteiger partial charge in [0, 0.05) is 6.54 Å². The fraction of sp³-hybridized carbons (Fsp3) is 0.625. The molecule has 13 heavy (non-hydrogen) atoms. The first-order valence-corrected chi connectivity index (χ1v) is 5.62. The topological polar surface area (TPSA) is 70.0 Å². The Morgan fingerprint density at radius 2 is 2.31 bits per heavy atom. The number of sulfonamides is 1. The summed E-state index contributed by atoms with van der Waals surface area (Å²) in [5, 5.41) is 7.58. The van der Waals surface area contributed by atoms with Gasteiger partial charge in [0.15, 0.2) is 5.25 Å². The normalized spacial score (nSPS) is 13.2. The van der Waals surface area contributed by atoms with Crippen molar-refractivity contribution in [3.63, 3.8) is 0 Å². The Kier molecular flexibility index (Phi) is 5.35. The summed E-state index contributed by atoms with van der Waals surface area (Å²) in [5.74, 6) is 0. The molecule has 1 atom stereocenters. The Bertz CT molecular complexity index is 290. The molecule has 0 aromatic rings. The smallest absolute Gasteiger partial charge is 0.214 e. The van der Waals surface area contributed by atoms with Crippen molar-refractivity contribution in [3.8, 4) is 6.07 Å². The maximum atomic E-state index is 11.3. The SMILES string of the molecule is C=CCCNS(=O)(=O)C(C#N)CC. The van der Waals surface area contributed by atoms with Gasteiger partial charge in [-0.1, -0.05) is 13.0 Å². The van der Waals surface area contributed by atoms with E-state index in [1.165, 1.54) is 0 Å². The van der Waals surface area contributed by atoms with Gasteiger partial charge in [0.25, 0.3) is 0 Å². The summed E-state index contributed by atoms with van der Waals surface area (Å²) < 4.78 is 24.9. The van der Waals surface area contributed by atoms with Gasteiger partial charge >= 0.3 is 0 Å². The lowest BCUT2D eigenvalue weighted by Crippen LogP contribution is -2.33. The highest BCUT2D eigenvalue weighted by Crippen LogP contribution is 2.02. The third kappa shape index (κ3) is 4.06. The van der Waals surface area contributed by atoms with Crippen LogP contribution in [-0.2, 0) is 10.0 Å². The highest BCUT2D eigenvalue weighted by atomic mass is 32.2. The zero-order chi connectivity index (χ0) is 10.3. The van der Waals surface area contributed by atoms with Gasteiger partial charge in [-0.05, 0) is 12.8 Å². The van der Waals surface area contributed by atoms with Crippen molar-refractivity contribution in [3.05, 3.63) is 12.7 Å². The van der Waals surface area contributed by atoms with Crippen LogP contribution in [0.5, 0.6) is 0 Å². The van der Waals surface area contributed by atoms with Crippen LogP contribution in [-0.4, -0.2) is 20.2 Å². The number of hydrogen-bond donors (Lipinski definition) is 1. The Labute approximate surface area is 79.3 Å². The van der Waals surface area contributed by atoms with Crippen LogP contribution in [0.2, 0.25) is 0 Å². The summed E-state index contributed by atoms with van der Waals surface area (Å²) in [5.41, 5.74) is 0. The van der Waals surface area contributed by atoms with E-state index in [2.05, 4.69) is 11.3 Å². The van der Waals surface area contributed by atoms with Gasteiger partial charge in [-0.15, -0.1) is 6.58 Å². The van der Waals surface area contributed by atoms with Crippen molar-refractivity contribution in [2.75, 3.05) is 6.54 Å². The van der Waals surface area contributed by atoms with E-state index in [4.69, 9.17) is 5.26 Å². The number of nitrogens with one attached hydrogen (secondary N) is 1. The van der Waals surface area contributed by atoms with Crippen LogP contribution in [0.4, 0.5) is 0 Å². The molecule has 0 saturated heterocycles. The summed E-state index contributed by atoms with van der Waals surface area (Å²) in [6.45, 7) is 5.44. The lowest BCUT2D eigenvalue weighted by atomic mass is 10.4. The Morgan fingerprint density at radius 3 is 2.69 bits per heavy atom. The second-order valence-corrected chi connectivity index (χ2v) is 4.49. The summed E-state index contributed by atoms with van der Waals surface area (Å²) in [6, 6.07) is 1.74. The predicted octanol–water partition coefficient (Wildman–Crippen LogP) is 0.784.